The van der Waals surface area contributed by atoms with Crippen molar-refractivity contribution in [1.82, 2.24) is 4.98 Å². The van der Waals surface area contributed by atoms with E-state index >= 15 is 0 Å². The van der Waals surface area contributed by atoms with Gasteiger partial charge in [-0.2, -0.15) is 0 Å². The lowest BCUT2D eigenvalue weighted by atomic mass is 9.86. The van der Waals surface area contributed by atoms with E-state index in [1.54, 1.807) is 0 Å². The second kappa shape index (κ2) is 7.24. The Kier molecular flexibility index (Phi) is 4.51. The van der Waals surface area contributed by atoms with Crippen molar-refractivity contribution in [3.8, 4) is 0 Å². The summed E-state index contributed by atoms with van der Waals surface area (Å²) in [5.74, 6) is -0.324. The summed E-state index contributed by atoms with van der Waals surface area (Å²) in [7, 11) is 0. The molecule has 0 aliphatic heterocycles. The number of aryl methyl sites for hydroxylation is 3. The molecule has 1 aliphatic rings. The molecule has 0 spiro atoms. The third kappa shape index (κ3) is 3.34. The zero-order chi connectivity index (χ0) is 21.7. The van der Waals surface area contributed by atoms with Gasteiger partial charge >= 0.3 is 0 Å². The van der Waals surface area contributed by atoms with Gasteiger partial charge in [-0.3, -0.25) is 10.1 Å². The van der Waals surface area contributed by atoms with Crippen molar-refractivity contribution in [1.29, 1.82) is 0 Å². The zero-order valence-electron chi connectivity index (χ0n) is 17.9. The monoisotopic (exact) mass is 408 g/mol. The van der Waals surface area contributed by atoms with E-state index in [1.807, 2.05) is 6.92 Å². The highest BCUT2D eigenvalue weighted by Crippen LogP contribution is 2.44. The van der Waals surface area contributed by atoms with Crippen LogP contribution in [0.4, 0.5) is 0 Å². The predicted molar refractivity (Wildman–Crippen MR) is 126 cm³/mol. The lowest BCUT2D eigenvalue weighted by Gasteiger charge is -2.16. The average molecular weight is 409 g/mol. The number of nitro groups is 1. The minimum absolute atomic E-state index is 0.140. The number of fused-ring (bicyclic) bond motifs is 4. The van der Waals surface area contributed by atoms with Gasteiger partial charge in [0, 0.05) is 21.4 Å². The quantitative estimate of drug-likeness (QED) is 0.315. The Balaban J connectivity index is 1.89. The van der Waals surface area contributed by atoms with Gasteiger partial charge < -0.3 is 4.98 Å². The summed E-state index contributed by atoms with van der Waals surface area (Å²) in [4.78, 5) is 15.2. The van der Waals surface area contributed by atoms with Crippen molar-refractivity contribution in [2.24, 2.45) is 0 Å². The number of H-pyrrole nitrogens is 1. The highest BCUT2D eigenvalue weighted by Gasteiger charge is 2.32. The van der Waals surface area contributed by atoms with Crippen LogP contribution in [0.1, 0.15) is 50.6 Å². The molecule has 3 aromatic carbocycles. The van der Waals surface area contributed by atoms with E-state index in [9.17, 15) is 10.1 Å². The molecule has 154 valence electrons. The molecule has 0 bridgehead atoms. The lowest BCUT2D eigenvalue weighted by Crippen LogP contribution is -2.15. The first kappa shape index (κ1) is 19.3. The molecule has 1 unspecified atom stereocenters. The van der Waals surface area contributed by atoms with E-state index < -0.39 is 0 Å². The van der Waals surface area contributed by atoms with Crippen LogP contribution in [0.2, 0.25) is 0 Å². The van der Waals surface area contributed by atoms with Crippen LogP contribution in [-0.4, -0.2) is 16.5 Å². The maximum Gasteiger partial charge on any atom is 0.214 e. The van der Waals surface area contributed by atoms with Crippen molar-refractivity contribution >= 4 is 22.6 Å². The van der Waals surface area contributed by atoms with Crippen molar-refractivity contribution in [3.05, 3.63) is 115 Å². The molecule has 0 saturated heterocycles. The van der Waals surface area contributed by atoms with Crippen LogP contribution in [0.15, 0.2) is 60.7 Å². The number of hydrogen-bond donors (Lipinski definition) is 1. The Morgan fingerprint density at radius 1 is 0.903 bits per heavy atom. The highest BCUT2D eigenvalue weighted by molar-refractivity contribution is 6.00. The van der Waals surface area contributed by atoms with Gasteiger partial charge in [-0.05, 0) is 61.2 Å². The summed E-state index contributed by atoms with van der Waals surface area (Å²) in [6, 6.07) is 21.0. The summed E-state index contributed by atoms with van der Waals surface area (Å²) < 4.78 is 0. The summed E-state index contributed by atoms with van der Waals surface area (Å²) in [6.45, 7) is 6.04. The van der Waals surface area contributed by atoms with Gasteiger partial charge in [0.1, 0.15) is 0 Å². The molecular weight excluding hydrogens is 384 g/mol. The van der Waals surface area contributed by atoms with Crippen LogP contribution < -0.4 is 0 Å². The van der Waals surface area contributed by atoms with Gasteiger partial charge in [-0.1, -0.05) is 65.2 Å². The molecule has 1 aromatic heterocycles. The molecule has 1 heterocycles. The van der Waals surface area contributed by atoms with Crippen LogP contribution in [0.5, 0.6) is 0 Å². The zero-order valence-corrected chi connectivity index (χ0v) is 17.9. The first-order valence-electron chi connectivity index (χ1n) is 10.5. The fraction of sp³-hybridized carbons (Fsp3) is 0.185. The number of rotatable bonds is 3. The Hall–Kier alpha value is -3.66. The molecule has 0 radical (unpaired) electrons. The van der Waals surface area contributed by atoms with Gasteiger partial charge in [0.15, 0.2) is 0 Å². The predicted octanol–water partition coefficient (Wildman–Crippen LogP) is 6.40. The summed E-state index contributed by atoms with van der Waals surface area (Å²) in [5, 5.41) is 12.8. The normalized spacial score (nSPS) is 15.2. The van der Waals surface area contributed by atoms with Crippen molar-refractivity contribution in [2.45, 2.75) is 26.7 Å². The van der Waals surface area contributed by atoms with Crippen LogP contribution in [-0.2, 0) is 0 Å². The third-order valence-corrected chi connectivity index (χ3v) is 6.22. The highest BCUT2D eigenvalue weighted by atomic mass is 16.6. The lowest BCUT2D eigenvalue weighted by molar-refractivity contribution is -0.481. The molecule has 0 fully saturated rings. The van der Waals surface area contributed by atoms with Crippen molar-refractivity contribution in [2.75, 3.05) is 6.54 Å². The Labute approximate surface area is 181 Å². The molecule has 31 heavy (non-hydrogen) atoms. The molecular formula is C27H24N2O2. The maximum absolute atomic E-state index is 11.8. The number of nitrogens with zero attached hydrogens (tertiary/aromatic N) is 1. The molecule has 5 rings (SSSR count). The van der Waals surface area contributed by atoms with Crippen molar-refractivity contribution < 1.29 is 4.92 Å². The summed E-state index contributed by atoms with van der Waals surface area (Å²) in [5.41, 5.74) is 10.7. The molecule has 1 aliphatic carbocycles. The first-order valence-corrected chi connectivity index (χ1v) is 10.5. The smallest absolute Gasteiger partial charge is 0.214 e. The fourth-order valence-electron chi connectivity index (χ4n) is 4.71. The molecule has 1 N–H and O–H groups in total. The number of aromatic amines is 1. The van der Waals surface area contributed by atoms with Crippen LogP contribution in [0.3, 0.4) is 0 Å². The minimum Gasteiger partial charge on any atom is -0.354 e. The van der Waals surface area contributed by atoms with Crippen molar-refractivity contribution in [3.63, 3.8) is 0 Å². The Morgan fingerprint density at radius 2 is 1.58 bits per heavy atom. The van der Waals surface area contributed by atoms with Gasteiger partial charge in [0.25, 0.3) is 0 Å². The maximum atomic E-state index is 11.8. The summed E-state index contributed by atoms with van der Waals surface area (Å²) >= 11 is 0. The second-order valence-electron chi connectivity index (χ2n) is 8.59. The standard InChI is InChI=1S/C27H24N2O2/c1-16-4-8-19(9-5-16)22-14-20-10-6-17(2)12-21(20)24(15-29(30)31)26-23-13-18(3)7-11-25(23)28-27(22)26/h4-14,24,28H,15H2,1-3H3. The summed E-state index contributed by atoms with van der Waals surface area (Å²) in [6.07, 6.45) is 2.18. The van der Waals surface area contributed by atoms with E-state index in [4.69, 9.17) is 0 Å². The van der Waals surface area contributed by atoms with E-state index in [0.29, 0.717) is 0 Å². The molecule has 0 saturated carbocycles. The minimum atomic E-state index is -0.324. The van der Waals surface area contributed by atoms with E-state index in [0.717, 1.165) is 55.6 Å². The third-order valence-electron chi connectivity index (χ3n) is 6.22. The number of nitrogens with one attached hydrogen (secondary N) is 1. The fourth-order valence-corrected chi connectivity index (χ4v) is 4.71. The van der Waals surface area contributed by atoms with Gasteiger partial charge in [0.2, 0.25) is 6.54 Å². The van der Waals surface area contributed by atoms with Gasteiger partial charge in [-0.15, -0.1) is 0 Å². The molecule has 1 atom stereocenters. The van der Waals surface area contributed by atoms with Gasteiger partial charge in [0.05, 0.1) is 11.6 Å². The van der Waals surface area contributed by atoms with Gasteiger partial charge in [-0.25, -0.2) is 0 Å². The average Bonchev–Trinajstić information content (AvgIpc) is 3.04. The number of aromatic nitrogens is 1. The number of benzene rings is 3. The van der Waals surface area contributed by atoms with Crippen LogP contribution in [0.25, 0.3) is 22.6 Å². The molecule has 4 heteroatoms. The second-order valence-corrected chi connectivity index (χ2v) is 8.59. The largest absolute Gasteiger partial charge is 0.354 e. The molecule has 4 nitrogen and oxygen atoms in total. The van der Waals surface area contributed by atoms with E-state index in [2.05, 4.69) is 85.6 Å². The SMILES string of the molecule is Cc1ccc(C2=Cc3ccc(C)cc3C(C[N+](=O)[O-])c3c2[nH]c2ccc(C)cc32)cc1. The van der Waals surface area contributed by atoms with E-state index in [-0.39, 0.29) is 17.4 Å². The van der Waals surface area contributed by atoms with Crippen LogP contribution >= 0.6 is 0 Å². The molecule has 4 aromatic rings. The van der Waals surface area contributed by atoms with Crippen LogP contribution in [0, 0.1) is 30.9 Å². The topological polar surface area (TPSA) is 58.9 Å². The Bertz CT molecular complexity index is 1360. The Morgan fingerprint density at radius 3 is 2.32 bits per heavy atom. The molecule has 0 amide bonds. The van der Waals surface area contributed by atoms with E-state index in [1.165, 1.54) is 5.56 Å². The number of hydrogen-bond acceptors (Lipinski definition) is 2. The first-order chi connectivity index (χ1) is 14.9.